The lowest BCUT2D eigenvalue weighted by molar-refractivity contribution is -0.125. The molecule has 1 heterocycles. The summed E-state index contributed by atoms with van der Waals surface area (Å²) in [6, 6.07) is 11.9. The number of esters is 1. The summed E-state index contributed by atoms with van der Waals surface area (Å²) in [5.74, 6) is -0.296. The number of anilines is 1. The molecule has 1 aliphatic rings. The Labute approximate surface area is 138 Å². The zero-order chi connectivity index (χ0) is 16.4. The van der Waals surface area contributed by atoms with Gasteiger partial charge in [0.1, 0.15) is 5.75 Å². The van der Waals surface area contributed by atoms with Crippen molar-refractivity contribution in [2.24, 2.45) is 0 Å². The molecule has 1 aliphatic heterocycles. The van der Waals surface area contributed by atoms with Crippen LogP contribution in [0.5, 0.6) is 5.75 Å². The van der Waals surface area contributed by atoms with Crippen molar-refractivity contribution in [2.45, 2.75) is 12.5 Å². The highest BCUT2D eigenvalue weighted by Crippen LogP contribution is 2.25. The lowest BCUT2D eigenvalue weighted by Crippen LogP contribution is -2.38. The van der Waals surface area contributed by atoms with Gasteiger partial charge in [0.25, 0.3) is 5.91 Å². The van der Waals surface area contributed by atoms with Crippen molar-refractivity contribution in [1.82, 2.24) is 0 Å². The molecule has 0 fully saturated rings. The van der Waals surface area contributed by atoms with Gasteiger partial charge in [0.05, 0.1) is 12.7 Å². The third kappa shape index (κ3) is 3.29. The van der Waals surface area contributed by atoms with Crippen LogP contribution in [0, 0.1) is 0 Å². The molecular weight excluding hydrogens is 318 g/mol. The highest BCUT2D eigenvalue weighted by atomic mass is 35.5. The number of benzene rings is 2. The van der Waals surface area contributed by atoms with Gasteiger partial charge in [0.2, 0.25) is 0 Å². The SMILES string of the molecule is COc1cccc(NC(=O)C2Cc3ccc(Cl)cc3C(=O)O2)c1. The minimum Gasteiger partial charge on any atom is -0.497 e. The monoisotopic (exact) mass is 331 g/mol. The molecule has 2 aromatic carbocycles. The van der Waals surface area contributed by atoms with Crippen molar-refractivity contribution in [3.63, 3.8) is 0 Å². The topological polar surface area (TPSA) is 64.6 Å². The third-order valence-electron chi connectivity index (χ3n) is 3.58. The van der Waals surface area contributed by atoms with Crippen LogP contribution in [0.25, 0.3) is 0 Å². The van der Waals surface area contributed by atoms with Crippen molar-refractivity contribution in [3.05, 3.63) is 58.6 Å². The van der Waals surface area contributed by atoms with E-state index in [1.165, 1.54) is 0 Å². The van der Waals surface area contributed by atoms with Gasteiger partial charge in [-0.3, -0.25) is 4.79 Å². The Bertz CT molecular complexity index is 775. The predicted octanol–water partition coefficient (Wildman–Crippen LogP) is 3.07. The summed E-state index contributed by atoms with van der Waals surface area (Å²) in [5, 5.41) is 3.19. The molecule has 0 bridgehead atoms. The van der Waals surface area contributed by atoms with Gasteiger partial charge in [-0.1, -0.05) is 23.7 Å². The molecule has 0 saturated carbocycles. The number of hydrogen-bond donors (Lipinski definition) is 1. The fraction of sp³-hybridized carbons (Fsp3) is 0.176. The number of fused-ring (bicyclic) bond motifs is 1. The van der Waals surface area contributed by atoms with Crippen LogP contribution in [0.3, 0.4) is 0 Å². The van der Waals surface area contributed by atoms with E-state index in [1.54, 1.807) is 49.6 Å². The summed E-state index contributed by atoms with van der Waals surface area (Å²) in [5.41, 5.74) is 1.73. The first-order chi connectivity index (χ1) is 11.1. The molecule has 0 aliphatic carbocycles. The highest BCUT2D eigenvalue weighted by Gasteiger charge is 2.31. The van der Waals surface area contributed by atoms with Crippen LogP contribution in [0.15, 0.2) is 42.5 Å². The van der Waals surface area contributed by atoms with Crippen LogP contribution in [0.1, 0.15) is 15.9 Å². The van der Waals surface area contributed by atoms with Gasteiger partial charge in [0.15, 0.2) is 6.10 Å². The maximum absolute atomic E-state index is 12.3. The maximum Gasteiger partial charge on any atom is 0.339 e. The molecule has 0 radical (unpaired) electrons. The van der Waals surface area contributed by atoms with E-state index >= 15 is 0 Å². The number of cyclic esters (lactones) is 1. The Kier molecular flexibility index (Phi) is 4.21. The third-order valence-corrected chi connectivity index (χ3v) is 3.81. The average Bonchev–Trinajstić information content (AvgIpc) is 2.55. The molecule has 1 atom stereocenters. The molecule has 6 heteroatoms. The number of rotatable bonds is 3. The summed E-state index contributed by atoms with van der Waals surface area (Å²) < 4.78 is 10.3. The molecular formula is C17H14ClNO4. The van der Waals surface area contributed by atoms with Crippen LogP contribution >= 0.6 is 11.6 Å². The highest BCUT2D eigenvalue weighted by molar-refractivity contribution is 6.31. The van der Waals surface area contributed by atoms with Crippen LogP contribution in [0.4, 0.5) is 5.69 Å². The minimum atomic E-state index is -0.873. The Morgan fingerprint density at radius 3 is 2.91 bits per heavy atom. The number of carbonyl (C=O) groups is 2. The maximum atomic E-state index is 12.3. The van der Waals surface area contributed by atoms with Gasteiger partial charge < -0.3 is 14.8 Å². The van der Waals surface area contributed by atoms with Crippen LogP contribution in [-0.2, 0) is 16.0 Å². The molecule has 0 spiro atoms. The first kappa shape index (κ1) is 15.4. The molecule has 23 heavy (non-hydrogen) atoms. The lowest BCUT2D eigenvalue weighted by Gasteiger charge is -2.24. The Balaban J connectivity index is 1.76. The van der Waals surface area contributed by atoms with Gasteiger partial charge in [-0.05, 0) is 29.8 Å². The van der Waals surface area contributed by atoms with Crippen LogP contribution < -0.4 is 10.1 Å². The van der Waals surface area contributed by atoms with E-state index < -0.39 is 12.1 Å². The second-order valence-corrected chi connectivity index (χ2v) is 5.56. The van der Waals surface area contributed by atoms with E-state index in [0.29, 0.717) is 28.4 Å². The van der Waals surface area contributed by atoms with Gasteiger partial charge in [0, 0.05) is 23.2 Å². The number of halogens is 1. The molecule has 1 unspecified atom stereocenters. The number of hydrogen-bond acceptors (Lipinski definition) is 4. The predicted molar refractivity (Wildman–Crippen MR) is 86.0 cm³/mol. The molecule has 118 valence electrons. The van der Waals surface area contributed by atoms with E-state index in [2.05, 4.69) is 5.32 Å². The van der Waals surface area contributed by atoms with Crippen LogP contribution in [0.2, 0.25) is 5.02 Å². The lowest BCUT2D eigenvalue weighted by atomic mass is 9.98. The summed E-state index contributed by atoms with van der Waals surface area (Å²) in [6.45, 7) is 0. The summed E-state index contributed by atoms with van der Waals surface area (Å²) in [4.78, 5) is 24.4. The fourth-order valence-electron chi connectivity index (χ4n) is 2.42. The molecule has 2 aromatic rings. The second kappa shape index (κ2) is 6.30. The van der Waals surface area contributed by atoms with Crippen molar-refractivity contribution >= 4 is 29.2 Å². The fourth-order valence-corrected chi connectivity index (χ4v) is 2.59. The Hall–Kier alpha value is -2.53. The standard InChI is InChI=1S/C17H14ClNO4/c1-22-13-4-2-3-12(9-13)19-16(20)15-7-10-5-6-11(18)8-14(10)17(21)23-15/h2-6,8-9,15H,7H2,1H3,(H,19,20). The number of amides is 1. The van der Waals surface area contributed by atoms with E-state index in [9.17, 15) is 9.59 Å². The van der Waals surface area contributed by atoms with E-state index in [0.717, 1.165) is 5.56 Å². The van der Waals surface area contributed by atoms with E-state index in [4.69, 9.17) is 21.1 Å². The van der Waals surface area contributed by atoms with Gasteiger partial charge >= 0.3 is 5.97 Å². The normalized spacial score (nSPS) is 16.3. The molecule has 0 aromatic heterocycles. The van der Waals surface area contributed by atoms with E-state index in [1.807, 2.05) is 0 Å². The van der Waals surface area contributed by atoms with Crippen molar-refractivity contribution in [1.29, 1.82) is 0 Å². The van der Waals surface area contributed by atoms with Crippen molar-refractivity contribution in [3.8, 4) is 5.75 Å². The van der Waals surface area contributed by atoms with E-state index in [-0.39, 0.29) is 5.91 Å². The zero-order valence-electron chi connectivity index (χ0n) is 12.3. The first-order valence-electron chi connectivity index (χ1n) is 7.01. The van der Waals surface area contributed by atoms with Gasteiger partial charge in [-0.2, -0.15) is 0 Å². The molecule has 5 nitrogen and oxygen atoms in total. The van der Waals surface area contributed by atoms with Gasteiger partial charge in [-0.25, -0.2) is 4.79 Å². The number of methoxy groups -OCH3 is 1. The minimum absolute atomic E-state index is 0.314. The summed E-state index contributed by atoms with van der Waals surface area (Å²) in [6.07, 6.45) is -0.559. The summed E-state index contributed by atoms with van der Waals surface area (Å²) in [7, 11) is 1.55. The van der Waals surface area contributed by atoms with Crippen molar-refractivity contribution < 1.29 is 19.1 Å². The Morgan fingerprint density at radius 2 is 2.13 bits per heavy atom. The number of ether oxygens (including phenoxy) is 2. The quantitative estimate of drug-likeness (QED) is 0.878. The largest absolute Gasteiger partial charge is 0.497 e. The van der Waals surface area contributed by atoms with Crippen molar-refractivity contribution in [2.75, 3.05) is 12.4 Å². The Morgan fingerprint density at radius 1 is 1.30 bits per heavy atom. The smallest absolute Gasteiger partial charge is 0.339 e. The molecule has 1 N–H and O–H groups in total. The zero-order valence-corrected chi connectivity index (χ0v) is 13.1. The molecule has 3 rings (SSSR count). The molecule has 1 amide bonds. The number of carbonyl (C=O) groups excluding carboxylic acids is 2. The van der Waals surface area contributed by atoms with Gasteiger partial charge in [-0.15, -0.1) is 0 Å². The molecule has 0 saturated heterocycles. The number of nitrogens with one attached hydrogen (secondary N) is 1. The second-order valence-electron chi connectivity index (χ2n) is 5.12. The summed E-state index contributed by atoms with van der Waals surface area (Å²) >= 11 is 5.88. The average molecular weight is 332 g/mol. The van der Waals surface area contributed by atoms with Crippen LogP contribution in [-0.4, -0.2) is 25.1 Å². The first-order valence-corrected chi connectivity index (χ1v) is 7.39.